The highest BCUT2D eigenvalue weighted by molar-refractivity contribution is 5.77. The van der Waals surface area contributed by atoms with E-state index in [-0.39, 0.29) is 17.4 Å². The highest BCUT2D eigenvalue weighted by atomic mass is 16.5. The van der Waals surface area contributed by atoms with Crippen LogP contribution >= 0.6 is 0 Å². The first-order chi connectivity index (χ1) is 12.0. The molecule has 0 saturated heterocycles. The standard InChI is InChI=1S/C19H23N3O3/c1-13(14-5-4-6-16(10-14)25-3)9-19(24)22-8-7-17-15(12-22)11-18(23)21(2)20-17/h4-6,10-11,13H,7-9,12H2,1-3H3/t13-/m0/s1. The van der Waals surface area contributed by atoms with Gasteiger partial charge in [-0.15, -0.1) is 0 Å². The average molecular weight is 341 g/mol. The Hall–Kier alpha value is -2.63. The van der Waals surface area contributed by atoms with Gasteiger partial charge in [0.2, 0.25) is 5.91 Å². The van der Waals surface area contributed by atoms with Gasteiger partial charge in [0.1, 0.15) is 5.75 Å². The van der Waals surface area contributed by atoms with Crippen molar-refractivity contribution in [2.75, 3.05) is 13.7 Å². The second kappa shape index (κ2) is 7.09. The molecule has 0 unspecified atom stereocenters. The molecule has 1 aliphatic heterocycles. The van der Waals surface area contributed by atoms with Crippen LogP contribution < -0.4 is 10.3 Å². The van der Waals surface area contributed by atoms with E-state index in [9.17, 15) is 9.59 Å². The Morgan fingerprint density at radius 1 is 1.36 bits per heavy atom. The molecule has 1 aromatic heterocycles. The number of carbonyl (C=O) groups is 1. The molecule has 3 rings (SSSR count). The second-order valence-corrected chi connectivity index (χ2v) is 6.53. The van der Waals surface area contributed by atoms with Crippen LogP contribution in [0.4, 0.5) is 0 Å². The lowest BCUT2D eigenvalue weighted by Crippen LogP contribution is -2.38. The van der Waals surface area contributed by atoms with Crippen LogP contribution in [0.2, 0.25) is 0 Å². The molecular formula is C19H23N3O3. The van der Waals surface area contributed by atoms with Gasteiger partial charge in [0, 0.05) is 44.6 Å². The molecule has 0 bridgehead atoms. The molecule has 0 saturated carbocycles. The van der Waals surface area contributed by atoms with Gasteiger partial charge in [-0.05, 0) is 23.6 Å². The van der Waals surface area contributed by atoms with Gasteiger partial charge < -0.3 is 9.64 Å². The number of aromatic nitrogens is 2. The lowest BCUT2D eigenvalue weighted by Gasteiger charge is -2.29. The minimum atomic E-state index is -0.141. The van der Waals surface area contributed by atoms with Crippen molar-refractivity contribution in [3.63, 3.8) is 0 Å². The zero-order valence-corrected chi connectivity index (χ0v) is 14.9. The molecule has 1 aliphatic rings. The van der Waals surface area contributed by atoms with Crippen molar-refractivity contribution in [2.45, 2.75) is 32.2 Å². The van der Waals surface area contributed by atoms with E-state index in [2.05, 4.69) is 5.10 Å². The Morgan fingerprint density at radius 3 is 2.92 bits per heavy atom. The topological polar surface area (TPSA) is 64.4 Å². The Balaban J connectivity index is 1.69. The Labute approximate surface area is 147 Å². The molecular weight excluding hydrogens is 318 g/mol. The number of rotatable bonds is 4. The van der Waals surface area contributed by atoms with Crippen molar-refractivity contribution in [3.8, 4) is 5.75 Å². The molecule has 2 heterocycles. The number of carbonyl (C=O) groups excluding carboxylic acids is 1. The highest BCUT2D eigenvalue weighted by Gasteiger charge is 2.24. The molecule has 0 spiro atoms. The summed E-state index contributed by atoms with van der Waals surface area (Å²) in [6.45, 7) is 3.14. The Morgan fingerprint density at radius 2 is 2.16 bits per heavy atom. The summed E-state index contributed by atoms with van der Waals surface area (Å²) in [5, 5.41) is 4.29. The molecule has 6 nitrogen and oxygen atoms in total. The number of hydrogen-bond donors (Lipinski definition) is 0. The molecule has 0 radical (unpaired) electrons. The number of fused-ring (bicyclic) bond motifs is 1. The highest BCUT2D eigenvalue weighted by Crippen LogP contribution is 2.25. The van der Waals surface area contributed by atoms with Crippen LogP contribution in [-0.4, -0.2) is 34.2 Å². The van der Waals surface area contributed by atoms with E-state index in [1.807, 2.05) is 36.1 Å². The summed E-state index contributed by atoms with van der Waals surface area (Å²) in [6.07, 6.45) is 1.11. The fourth-order valence-electron chi connectivity index (χ4n) is 3.16. The van der Waals surface area contributed by atoms with E-state index < -0.39 is 0 Å². The number of aryl methyl sites for hydroxylation is 1. The first kappa shape index (κ1) is 17.2. The molecule has 0 aliphatic carbocycles. The number of amides is 1. The Bertz CT molecular complexity index is 844. The zero-order chi connectivity index (χ0) is 18.0. The largest absolute Gasteiger partial charge is 0.497 e. The Kier molecular flexibility index (Phi) is 4.88. The van der Waals surface area contributed by atoms with Gasteiger partial charge >= 0.3 is 0 Å². The number of ether oxygens (including phenoxy) is 1. The SMILES string of the molecule is COc1cccc([C@@H](C)CC(=O)N2CCc3nn(C)c(=O)cc3C2)c1. The molecule has 1 amide bonds. The molecule has 6 heteroatoms. The van der Waals surface area contributed by atoms with Crippen molar-refractivity contribution in [2.24, 2.45) is 7.05 Å². The maximum Gasteiger partial charge on any atom is 0.266 e. The van der Waals surface area contributed by atoms with Gasteiger partial charge in [-0.1, -0.05) is 19.1 Å². The predicted octanol–water partition coefficient (Wildman–Crippen LogP) is 1.87. The predicted molar refractivity (Wildman–Crippen MR) is 94.6 cm³/mol. The van der Waals surface area contributed by atoms with Crippen LogP contribution in [0.25, 0.3) is 0 Å². The molecule has 132 valence electrons. The van der Waals surface area contributed by atoms with Crippen LogP contribution in [0.15, 0.2) is 35.1 Å². The van der Waals surface area contributed by atoms with Gasteiger partial charge in [-0.25, -0.2) is 4.68 Å². The summed E-state index contributed by atoms with van der Waals surface area (Å²) in [6, 6.07) is 9.41. The third-order valence-electron chi connectivity index (χ3n) is 4.73. The molecule has 25 heavy (non-hydrogen) atoms. The van der Waals surface area contributed by atoms with Crippen LogP contribution in [0.1, 0.15) is 36.1 Å². The molecule has 0 N–H and O–H groups in total. The maximum atomic E-state index is 12.7. The van der Waals surface area contributed by atoms with E-state index in [1.165, 1.54) is 4.68 Å². The minimum Gasteiger partial charge on any atom is -0.497 e. The van der Waals surface area contributed by atoms with Crippen molar-refractivity contribution in [1.82, 2.24) is 14.7 Å². The van der Waals surface area contributed by atoms with Crippen LogP contribution in [0, 0.1) is 0 Å². The fraction of sp³-hybridized carbons (Fsp3) is 0.421. The monoisotopic (exact) mass is 341 g/mol. The third kappa shape index (κ3) is 3.73. The first-order valence-electron chi connectivity index (χ1n) is 8.45. The summed E-state index contributed by atoms with van der Waals surface area (Å²) in [5.74, 6) is 0.998. The van der Waals surface area contributed by atoms with E-state index in [0.717, 1.165) is 22.6 Å². The summed E-state index contributed by atoms with van der Waals surface area (Å²) in [5.41, 5.74) is 2.71. The summed E-state index contributed by atoms with van der Waals surface area (Å²) < 4.78 is 6.60. The summed E-state index contributed by atoms with van der Waals surface area (Å²) in [4.78, 5) is 26.3. The van der Waals surface area contributed by atoms with Gasteiger partial charge in [0.15, 0.2) is 0 Å². The first-order valence-corrected chi connectivity index (χ1v) is 8.45. The average Bonchev–Trinajstić information content (AvgIpc) is 2.62. The molecule has 2 aromatic rings. The van der Waals surface area contributed by atoms with Crippen LogP contribution in [0.5, 0.6) is 5.75 Å². The fourth-order valence-corrected chi connectivity index (χ4v) is 3.16. The second-order valence-electron chi connectivity index (χ2n) is 6.53. The molecule has 1 aromatic carbocycles. The van der Waals surface area contributed by atoms with Crippen molar-refractivity contribution >= 4 is 5.91 Å². The minimum absolute atomic E-state index is 0.0987. The van der Waals surface area contributed by atoms with Crippen molar-refractivity contribution in [3.05, 3.63) is 57.5 Å². The summed E-state index contributed by atoms with van der Waals surface area (Å²) >= 11 is 0. The molecule has 1 atom stereocenters. The van der Waals surface area contributed by atoms with E-state index in [0.29, 0.717) is 25.9 Å². The van der Waals surface area contributed by atoms with E-state index in [4.69, 9.17) is 4.74 Å². The number of hydrogen-bond acceptors (Lipinski definition) is 4. The lowest BCUT2D eigenvalue weighted by molar-refractivity contribution is -0.132. The third-order valence-corrected chi connectivity index (χ3v) is 4.73. The lowest BCUT2D eigenvalue weighted by atomic mass is 9.96. The van der Waals surface area contributed by atoms with E-state index in [1.54, 1.807) is 20.2 Å². The number of methoxy groups -OCH3 is 1. The smallest absolute Gasteiger partial charge is 0.266 e. The van der Waals surface area contributed by atoms with Gasteiger partial charge in [0.05, 0.1) is 12.8 Å². The van der Waals surface area contributed by atoms with Gasteiger partial charge in [-0.3, -0.25) is 9.59 Å². The van der Waals surface area contributed by atoms with E-state index >= 15 is 0 Å². The van der Waals surface area contributed by atoms with Gasteiger partial charge in [-0.2, -0.15) is 5.10 Å². The van der Waals surface area contributed by atoms with Gasteiger partial charge in [0.25, 0.3) is 5.56 Å². The normalized spacial score (nSPS) is 14.8. The van der Waals surface area contributed by atoms with Crippen LogP contribution in [-0.2, 0) is 24.8 Å². The van der Waals surface area contributed by atoms with Crippen LogP contribution in [0.3, 0.4) is 0 Å². The van der Waals surface area contributed by atoms with Crippen molar-refractivity contribution in [1.29, 1.82) is 0 Å². The zero-order valence-electron chi connectivity index (χ0n) is 14.9. The quantitative estimate of drug-likeness (QED) is 0.852. The maximum absolute atomic E-state index is 12.7. The van der Waals surface area contributed by atoms with Crippen molar-refractivity contribution < 1.29 is 9.53 Å². The number of benzene rings is 1. The number of nitrogens with zero attached hydrogens (tertiary/aromatic N) is 3. The summed E-state index contributed by atoms with van der Waals surface area (Å²) in [7, 11) is 3.29. The molecule has 0 fully saturated rings.